The maximum Gasteiger partial charge on any atom is 0.416 e. The molecule has 0 saturated carbocycles. The van der Waals surface area contributed by atoms with Crippen LogP contribution in [-0.4, -0.2) is 5.11 Å². The van der Waals surface area contributed by atoms with Crippen LogP contribution in [0.4, 0.5) is 13.2 Å². The largest absolute Gasteiger partial charge is 0.465 e. The topological polar surface area (TPSA) is 33.4 Å². The molecule has 0 fully saturated rings. The van der Waals surface area contributed by atoms with Crippen LogP contribution in [0.3, 0.4) is 0 Å². The lowest BCUT2D eigenvalue weighted by atomic mass is 9.99. The molecule has 19 heavy (non-hydrogen) atoms. The van der Waals surface area contributed by atoms with E-state index in [2.05, 4.69) is 15.9 Å². The molecule has 0 saturated heterocycles. The maximum absolute atomic E-state index is 12.5. The molecule has 0 bridgehead atoms. The zero-order valence-corrected chi connectivity index (χ0v) is 11.4. The Morgan fingerprint density at radius 1 is 1.26 bits per heavy atom. The Morgan fingerprint density at radius 3 is 2.42 bits per heavy atom. The van der Waals surface area contributed by atoms with Crippen LogP contribution < -0.4 is 0 Å². The fourth-order valence-corrected chi connectivity index (χ4v) is 2.22. The van der Waals surface area contributed by atoms with E-state index in [9.17, 15) is 18.3 Å². The van der Waals surface area contributed by atoms with Crippen molar-refractivity contribution in [2.45, 2.75) is 19.2 Å². The molecule has 0 aliphatic carbocycles. The number of aliphatic hydroxyl groups is 1. The first kappa shape index (κ1) is 14.1. The highest BCUT2D eigenvalue weighted by Gasteiger charge is 2.31. The number of furan rings is 1. The molecule has 1 heterocycles. The molecule has 2 nitrogen and oxygen atoms in total. The van der Waals surface area contributed by atoms with Crippen LogP contribution in [0.1, 0.15) is 28.6 Å². The summed E-state index contributed by atoms with van der Waals surface area (Å²) in [5.74, 6) is 0.267. The third-order valence-electron chi connectivity index (χ3n) is 2.78. The highest BCUT2D eigenvalue weighted by atomic mass is 79.9. The van der Waals surface area contributed by atoms with Gasteiger partial charge in [0.1, 0.15) is 6.10 Å². The van der Waals surface area contributed by atoms with Gasteiger partial charge in [-0.2, -0.15) is 13.2 Å². The van der Waals surface area contributed by atoms with Gasteiger partial charge in [0.15, 0.2) is 5.76 Å². The normalized spacial score (nSPS) is 13.6. The van der Waals surface area contributed by atoms with Crippen molar-refractivity contribution in [3.8, 4) is 0 Å². The Kier molecular flexibility index (Phi) is 3.73. The molecule has 1 aromatic carbocycles. The van der Waals surface area contributed by atoms with Crippen LogP contribution >= 0.6 is 15.9 Å². The van der Waals surface area contributed by atoms with Gasteiger partial charge in [-0.3, -0.25) is 0 Å². The van der Waals surface area contributed by atoms with Crippen LogP contribution in [0.25, 0.3) is 0 Å². The number of benzene rings is 1. The second kappa shape index (κ2) is 5.02. The van der Waals surface area contributed by atoms with E-state index in [-0.39, 0.29) is 5.76 Å². The molecule has 1 aromatic heterocycles. The summed E-state index contributed by atoms with van der Waals surface area (Å²) in [6, 6.07) is 4.83. The van der Waals surface area contributed by atoms with Crippen LogP contribution in [0.2, 0.25) is 0 Å². The number of hydrogen-bond acceptors (Lipinski definition) is 2. The Bertz CT molecular complexity index is 590. The molecule has 1 unspecified atom stereocenters. The van der Waals surface area contributed by atoms with Crippen molar-refractivity contribution in [2.75, 3.05) is 0 Å². The van der Waals surface area contributed by atoms with Crippen molar-refractivity contribution in [3.05, 3.63) is 57.5 Å². The van der Waals surface area contributed by atoms with Crippen LogP contribution in [0.15, 0.2) is 39.4 Å². The Balaban J connectivity index is 2.39. The van der Waals surface area contributed by atoms with Gasteiger partial charge in [-0.1, -0.05) is 6.07 Å². The number of halogens is 4. The monoisotopic (exact) mass is 334 g/mol. The number of aliphatic hydroxyl groups excluding tert-OH is 1. The van der Waals surface area contributed by atoms with E-state index in [4.69, 9.17) is 4.42 Å². The fourth-order valence-electron chi connectivity index (χ4n) is 1.80. The van der Waals surface area contributed by atoms with E-state index in [0.29, 0.717) is 15.6 Å². The lowest BCUT2D eigenvalue weighted by molar-refractivity contribution is -0.137. The van der Waals surface area contributed by atoms with Gasteiger partial charge in [0.2, 0.25) is 0 Å². The van der Waals surface area contributed by atoms with E-state index in [1.54, 1.807) is 6.07 Å². The highest BCUT2D eigenvalue weighted by Crippen LogP contribution is 2.34. The molecule has 0 amide bonds. The summed E-state index contributed by atoms with van der Waals surface area (Å²) in [7, 11) is 0. The lowest BCUT2D eigenvalue weighted by Gasteiger charge is -2.14. The van der Waals surface area contributed by atoms with Crippen molar-refractivity contribution in [3.63, 3.8) is 0 Å². The van der Waals surface area contributed by atoms with E-state index in [1.807, 2.05) is 0 Å². The highest BCUT2D eigenvalue weighted by molar-refractivity contribution is 9.10. The zero-order chi connectivity index (χ0) is 14.2. The van der Waals surface area contributed by atoms with Gasteiger partial charge in [0.25, 0.3) is 0 Å². The van der Waals surface area contributed by atoms with Crippen molar-refractivity contribution < 1.29 is 22.7 Å². The smallest absolute Gasteiger partial charge is 0.416 e. The average molecular weight is 335 g/mol. The van der Waals surface area contributed by atoms with Gasteiger partial charge in [-0.05, 0) is 52.2 Å². The molecule has 102 valence electrons. The molecular formula is C13H10BrF3O2. The molecule has 0 aliphatic rings. The number of hydrogen-bond donors (Lipinski definition) is 1. The second-order valence-electron chi connectivity index (χ2n) is 4.10. The molecule has 0 radical (unpaired) electrons. The van der Waals surface area contributed by atoms with Crippen LogP contribution in [0, 0.1) is 6.92 Å². The van der Waals surface area contributed by atoms with Crippen LogP contribution in [0.5, 0.6) is 0 Å². The first-order valence-corrected chi connectivity index (χ1v) is 6.18. The van der Waals surface area contributed by atoms with E-state index >= 15 is 0 Å². The first-order valence-electron chi connectivity index (χ1n) is 5.39. The minimum absolute atomic E-state index is 0.267. The number of rotatable bonds is 2. The third kappa shape index (κ3) is 2.84. The van der Waals surface area contributed by atoms with Gasteiger partial charge in [-0.25, -0.2) is 0 Å². The summed E-state index contributed by atoms with van der Waals surface area (Å²) in [6.45, 7) is 1.52. The Morgan fingerprint density at radius 2 is 1.95 bits per heavy atom. The summed E-state index contributed by atoms with van der Waals surface area (Å²) in [5.41, 5.74) is -0.00580. The SMILES string of the molecule is Cc1cc(C(F)(F)F)ccc1C(O)c1occc1Br. The molecule has 1 N–H and O–H groups in total. The van der Waals surface area contributed by atoms with Gasteiger partial charge in [-0.15, -0.1) is 0 Å². The molecule has 2 rings (SSSR count). The summed E-state index contributed by atoms with van der Waals surface area (Å²) < 4.78 is 43.3. The Labute approximate surface area is 116 Å². The third-order valence-corrected chi connectivity index (χ3v) is 3.44. The Hall–Kier alpha value is -1.27. The summed E-state index contributed by atoms with van der Waals surface area (Å²) in [5, 5.41) is 10.1. The van der Waals surface area contributed by atoms with Gasteiger partial charge in [0.05, 0.1) is 16.3 Å². The minimum atomic E-state index is -4.39. The predicted molar refractivity (Wildman–Crippen MR) is 66.7 cm³/mol. The molecule has 0 aliphatic heterocycles. The zero-order valence-electron chi connectivity index (χ0n) is 9.83. The summed E-state index contributed by atoms with van der Waals surface area (Å²) in [4.78, 5) is 0. The van der Waals surface area contributed by atoms with E-state index in [1.165, 1.54) is 19.3 Å². The average Bonchev–Trinajstić information content (AvgIpc) is 2.73. The van der Waals surface area contributed by atoms with Gasteiger partial charge >= 0.3 is 6.18 Å². The molecule has 0 spiro atoms. The van der Waals surface area contributed by atoms with E-state index in [0.717, 1.165) is 12.1 Å². The summed E-state index contributed by atoms with van der Waals surface area (Å²) in [6.07, 6.45) is -4.10. The standard InChI is InChI=1S/C13H10BrF3O2/c1-7-6-8(13(15,16)17)2-3-9(7)11(18)12-10(14)4-5-19-12/h2-6,11,18H,1H3. The lowest BCUT2D eigenvalue weighted by Crippen LogP contribution is -2.08. The fraction of sp³-hybridized carbons (Fsp3) is 0.231. The second-order valence-corrected chi connectivity index (χ2v) is 4.96. The van der Waals surface area contributed by atoms with Crippen molar-refractivity contribution in [2.24, 2.45) is 0 Å². The molecular weight excluding hydrogens is 325 g/mol. The van der Waals surface area contributed by atoms with E-state index < -0.39 is 17.8 Å². The molecule has 1 atom stereocenters. The number of alkyl halides is 3. The summed E-state index contributed by atoms with van der Waals surface area (Å²) >= 11 is 3.20. The minimum Gasteiger partial charge on any atom is -0.465 e. The van der Waals surface area contributed by atoms with Gasteiger partial charge in [0, 0.05) is 0 Å². The van der Waals surface area contributed by atoms with Crippen LogP contribution in [-0.2, 0) is 6.18 Å². The van der Waals surface area contributed by atoms with Crippen molar-refractivity contribution in [1.29, 1.82) is 0 Å². The van der Waals surface area contributed by atoms with Crippen molar-refractivity contribution in [1.82, 2.24) is 0 Å². The first-order chi connectivity index (χ1) is 8.80. The van der Waals surface area contributed by atoms with Gasteiger partial charge < -0.3 is 9.52 Å². The predicted octanol–water partition coefficient (Wildman–Crippen LogP) is 4.45. The number of aryl methyl sites for hydroxylation is 1. The molecule has 2 aromatic rings. The van der Waals surface area contributed by atoms with Crippen molar-refractivity contribution >= 4 is 15.9 Å². The quantitative estimate of drug-likeness (QED) is 0.880. The maximum atomic E-state index is 12.5. The molecule has 6 heteroatoms.